The largest absolute Gasteiger partial charge is 0.449 e. The van der Waals surface area contributed by atoms with Gasteiger partial charge in [0.15, 0.2) is 6.10 Å². The van der Waals surface area contributed by atoms with Crippen molar-refractivity contribution in [2.75, 3.05) is 26.0 Å². The first-order valence-corrected chi connectivity index (χ1v) is 9.65. The zero-order valence-electron chi connectivity index (χ0n) is 15.6. The van der Waals surface area contributed by atoms with Crippen LogP contribution in [-0.2, 0) is 19.6 Å². The Morgan fingerprint density at radius 2 is 1.48 bits per heavy atom. The standard InChI is InChI=1S/C19H22N2O5S/c1-14(18(22)21(4)16-8-6-5-7-9-16)26-19(23)15-10-12-17(13-11-15)27(24,25)20(2)3/h5-14H,1-4H3/t14-/m1/s1. The average molecular weight is 390 g/mol. The number of hydrogen-bond acceptors (Lipinski definition) is 5. The van der Waals surface area contributed by atoms with Crippen LogP contribution in [0.4, 0.5) is 5.69 Å². The molecular formula is C19H22N2O5S. The zero-order chi connectivity index (χ0) is 20.2. The van der Waals surface area contributed by atoms with Crippen molar-refractivity contribution < 1.29 is 22.7 Å². The van der Waals surface area contributed by atoms with E-state index in [0.29, 0.717) is 5.69 Å². The Kier molecular flexibility index (Phi) is 6.35. The average Bonchev–Trinajstić information content (AvgIpc) is 2.67. The van der Waals surface area contributed by atoms with Gasteiger partial charge < -0.3 is 9.64 Å². The summed E-state index contributed by atoms with van der Waals surface area (Å²) in [6.45, 7) is 1.49. The van der Waals surface area contributed by atoms with E-state index >= 15 is 0 Å². The number of nitrogens with zero attached hydrogens (tertiary/aromatic N) is 2. The molecule has 7 nitrogen and oxygen atoms in total. The summed E-state index contributed by atoms with van der Waals surface area (Å²) < 4.78 is 30.4. The molecule has 1 amide bonds. The van der Waals surface area contributed by atoms with Crippen LogP contribution in [0.2, 0.25) is 0 Å². The highest BCUT2D eigenvalue weighted by molar-refractivity contribution is 7.89. The maximum atomic E-state index is 12.4. The van der Waals surface area contributed by atoms with Crippen molar-refractivity contribution >= 4 is 27.6 Å². The molecule has 0 bridgehead atoms. The number of carbonyl (C=O) groups excluding carboxylic acids is 2. The molecule has 0 aliphatic rings. The summed E-state index contributed by atoms with van der Waals surface area (Å²) in [5, 5.41) is 0. The van der Waals surface area contributed by atoms with E-state index in [2.05, 4.69) is 0 Å². The molecule has 1 atom stereocenters. The van der Waals surface area contributed by atoms with Gasteiger partial charge in [-0.15, -0.1) is 0 Å². The van der Waals surface area contributed by atoms with E-state index in [4.69, 9.17) is 4.74 Å². The Bertz CT molecular complexity index is 909. The number of para-hydroxylation sites is 1. The third-order valence-corrected chi connectivity index (χ3v) is 5.80. The lowest BCUT2D eigenvalue weighted by Gasteiger charge is -2.21. The molecule has 0 aliphatic carbocycles. The molecule has 0 heterocycles. The summed E-state index contributed by atoms with van der Waals surface area (Å²) in [5.41, 5.74) is 0.846. The second-order valence-corrected chi connectivity index (χ2v) is 8.24. The van der Waals surface area contributed by atoms with Crippen molar-refractivity contribution in [3.63, 3.8) is 0 Å². The molecule has 0 spiro atoms. The molecule has 0 unspecified atom stereocenters. The fourth-order valence-corrected chi connectivity index (χ4v) is 3.21. The highest BCUT2D eigenvalue weighted by atomic mass is 32.2. The molecule has 8 heteroatoms. The summed E-state index contributed by atoms with van der Waals surface area (Å²) >= 11 is 0. The van der Waals surface area contributed by atoms with Crippen LogP contribution in [-0.4, -0.2) is 51.8 Å². The molecule has 0 fully saturated rings. The monoisotopic (exact) mass is 390 g/mol. The lowest BCUT2D eigenvalue weighted by molar-refractivity contribution is -0.126. The van der Waals surface area contributed by atoms with Crippen LogP contribution >= 0.6 is 0 Å². The molecule has 2 aromatic rings. The molecule has 144 valence electrons. The SMILES string of the molecule is C[C@@H](OC(=O)c1ccc(S(=O)(=O)N(C)C)cc1)C(=O)N(C)c1ccccc1. The molecular weight excluding hydrogens is 368 g/mol. The zero-order valence-corrected chi connectivity index (χ0v) is 16.4. The van der Waals surface area contributed by atoms with Gasteiger partial charge in [0.1, 0.15) is 0 Å². The van der Waals surface area contributed by atoms with Crippen molar-refractivity contribution in [2.24, 2.45) is 0 Å². The number of anilines is 1. The van der Waals surface area contributed by atoms with Crippen LogP contribution < -0.4 is 4.90 Å². The Morgan fingerprint density at radius 3 is 2.00 bits per heavy atom. The number of amides is 1. The molecule has 0 aromatic heterocycles. The van der Waals surface area contributed by atoms with E-state index < -0.39 is 22.1 Å². The molecule has 27 heavy (non-hydrogen) atoms. The van der Waals surface area contributed by atoms with Gasteiger partial charge in [0.05, 0.1) is 10.5 Å². The Hall–Kier alpha value is -2.71. The molecule has 0 radical (unpaired) electrons. The van der Waals surface area contributed by atoms with Crippen LogP contribution in [0.3, 0.4) is 0 Å². The molecule has 0 N–H and O–H groups in total. The van der Waals surface area contributed by atoms with Gasteiger partial charge in [0.2, 0.25) is 10.0 Å². The van der Waals surface area contributed by atoms with E-state index in [1.54, 1.807) is 31.3 Å². The number of benzene rings is 2. The van der Waals surface area contributed by atoms with Crippen molar-refractivity contribution in [3.8, 4) is 0 Å². The number of likely N-dealkylation sites (N-methyl/N-ethyl adjacent to an activating group) is 1. The molecule has 2 rings (SSSR count). The predicted octanol–water partition coefficient (Wildman–Crippen LogP) is 2.15. The minimum atomic E-state index is -3.58. The minimum absolute atomic E-state index is 0.0667. The smallest absolute Gasteiger partial charge is 0.338 e. The predicted molar refractivity (Wildman–Crippen MR) is 102 cm³/mol. The number of rotatable bonds is 6. The maximum absolute atomic E-state index is 12.4. The van der Waals surface area contributed by atoms with Crippen molar-refractivity contribution in [2.45, 2.75) is 17.9 Å². The van der Waals surface area contributed by atoms with E-state index in [0.717, 1.165) is 4.31 Å². The first kappa shape index (κ1) is 20.6. The van der Waals surface area contributed by atoms with Crippen LogP contribution in [0, 0.1) is 0 Å². The first-order chi connectivity index (χ1) is 12.6. The van der Waals surface area contributed by atoms with Crippen LogP contribution in [0.15, 0.2) is 59.5 Å². The normalized spacial score (nSPS) is 12.5. The van der Waals surface area contributed by atoms with Crippen molar-refractivity contribution in [3.05, 3.63) is 60.2 Å². The van der Waals surface area contributed by atoms with Gasteiger partial charge in [0.25, 0.3) is 5.91 Å². The van der Waals surface area contributed by atoms with Crippen molar-refractivity contribution in [1.29, 1.82) is 0 Å². The number of carbonyl (C=O) groups is 2. The summed E-state index contributed by atoms with van der Waals surface area (Å²) in [6, 6.07) is 14.4. The fraction of sp³-hybridized carbons (Fsp3) is 0.263. The lowest BCUT2D eigenvalue weighted by atomic mass is 10.2. The summed E-state index contributed by atoms with van der Waals surface area (Å²) in [4.78, 5) is 26.2. The highest BCUT2D eigenvalue weighted by Crippen LogP contribution is 2.16. The summed E-state index contributed by atoms with van der Waals surface area (Å²) in [7, 11) is 0.872. The van der Waals surface area contributed by atoms with Gasteiger partial charge in [-0.05, 0) is 43.3 Å². The quantitative estimate of drug-likeness (QED) is 0.706. The van der Waals surface area contributed by atoms with Crippen molar-refractivity contribution in [1.82, 2.24) is 4.31 Å². The molecule has 0 aliphatic heterocycles. The first-order valence-electron chi connectivity index (χ1n) is 8.21. The third kappa shape index (κ3) is 4.72. The van der Waals surface area contributed by atoms with E-state index in [9.17, 15) is 18.0 Å². The molecule has 0 saturated carbocycles. The Morgan fingerprint density at radius 1 is 0.926 bits per heavy atom. The van der Waals surface area contributed by atoms with Gasteiger partial charge in [-0.3, -0.25) is 4.79 Å². The van der Waals surface area contributed by atoms with Gasteiger partial charge >= 0.3 is 5.97 Å². The van der Waals surface area contributed by atoms with E-state index in [1.165, 1.54) is 50.2 Å². The summed E-state index contributed by atoms with van der Waals surface area (Å²) in [6.07, 6.45) is -0.993. The highest BCUT2D eigenvalue weighted by Gasteiger charge is 2.24. The number of sulfonamides is 1. The summed E-state index contributed by atoms with van der Waals surface area (Å²) in [5.74, 6) is -1.08. The second kappa shape index (κ2) is 8.32. The number of ether oxygens (including phenoxy) is 1. The van der Waals surface area contributed by atoms with Gasteiger partial charge in [-0.2, -0.15) is 0 Å². The fourth-order valence-electron chi connectivity index (χ4n) is 2.30. The van der Waals surface area contributed by atoms with Crippen LogP contribution in [0.25, 0.3) is 0 Å². The minimum Gasteiger partial charge on any atom is -0.449 e. The van der Waals surface area contributed by atoms with E-state index in [1.807, 2.05) is 6.07 Å². The maximum Gasteiger partial charge on any atom is 0.338 e. The molecule has 0 saturated heterocycles. The van der Waals surface area contributed by atoms with Gasteiger partial charge in [-0.1, -0.05) is 18.2 Å². The Labute approximate surface area is 159 Å². The van der Waals surface area contributed by atoms with Crippen LogP contribution in [0.5, 0.6) is 0 Å². The van der Waals surface area contributed by atoms with E-state index in [-0.39, 0.29) is 16.4 Å². The second-order valence-electron chi connectivity index (χ2n) is 6.09. The van der Waals surface area contributed by atoms with Crippen LogP contribution in [0.1, 0.15) is 17.3 Å². The Balaban J connectivity index is 2.07. The van der Waals surface area contributed by atoms with Gasteiger partial charge in [-0.25, -0.2) is 17.5 Å². The third-order valence-electron chi connectivity index (χ3n) is 3.97. The van der Waals surface area contributed by atoms with Gasteiger partial charge in [0, 0.05) is 26.8 Å². The number of esters is 1. The molecule has 2 aromatic carbocycles. The lowest BCUT2D eigenvalue weighted by Crippen LogP contribution is -2.37. The topological polar surface area (TPSA) is 84.0 Å². The number of hydrogen-bond donors (Lipinski definition) is 0.